The average Bonchev–Trinajstić information content (AvgIpc) is 2.63. The number of hydrogen-bond donors (Lipinski definition) is 0. The van der Waals surface area contributed by atoms with Crippen molar-refractivity contribution in [2.24, 2.45) is 0 Å². The summed E-state index contributed by atoms with van der Waals surface area (Å²) < 4.78 is 37.9. The molecule has 6 heteroatoms. The highest BCUT2D eigenvalue weighted by Gasteiger charge is 2.12. The van der Waals surface area contributed by atoms with Crippen molar-refractivity contribution in [1.29, 1.82) is 0 Å². The molecule has 2 aromatic carbocycles. The SMILES string of the molecule is COc1cc(Sc2cccc(-c3cccc(OC)c3F)n2)ccc1F. The Labute approximate surface area is 148 Å². The van der Waals surface area contributed by atoms with E-state index < -0.39 is 11.6 Å². The van der Waals surface area contributed by atoms with Crippen molar-refractivity contribution < 1.29 is 18.3 Å². The summed E-state index contributed by atoms with van der Waals surface area (Å²) >= 11 is 1.34. The zero-order valence-electron chi connectivity index (χ0n) is 13.6. The molecule has 0 unspecified atom stereocenters. The fourth-order valence-electron chi connectivity index (χ4n) is 2.31. The molecule has 0 saturated heterocycles. The van der Waals surface area contributed by atoms with Crippen LogP contribution in [0.1, 0.15) is 0 Å². The van der Waals surface area contributed by atoms with Crippen molar-refractivity contribution in [1.82, 2.24) is 4.98 Å². The lowest BCUT2D eigenvalue weighted by atomic mass is 10.1. The Kier molecular flexibility index (Phi) is 5.19. The molecule has 0 amide bonds. The maximum Gasteiger partial charge on any atom is 0.174 e. The molecule has 0 aliphatic carbocycles. The molecule has 1 aromatic heterocycles. The first-order chi connectivity index (χ1) is 12.1. The molecule has 0 bridgehead atoms. The number of pyridine rings is 1. The summed E-state index contributed by atoms with van der Waals surface area (Å²) in [5.41, 5.74) is 0.856. The molecule has 0 aliphatic rings. The van der Waals surface area contributed by atoms with Crippen molar-refractivity contribution >= 4 is 11.8 Å². The summed E-state index contributed by atoms with van der Waals surface area (Å²) in [4.78, 5) is 5.26. The third-order valence-corrected chi connectivity index (χ3v) is 4.45. The summed E-state index contributed by atoms with van der Waals surface area (Å²) in [6.45, 7) is 0. The topological polar surface area (TPSA) is 31.4 Å². The molecule has 1 heterocycles. The van der Waals surface area contributed by atoms with E-state index in [1.54, 1.807) is 42.5 Å². The molecular weight excluding hydrogens is 344 g/mol. The van der Waals surface area contributed by atoms with E-state index in [9.17, 15) is 8.78 Å². The molecule has 25 heavy (non-hydrogen) atoms. The standard InChI is InChI=1S/C19H15F2NO2S/c1-23-16-7-3-5-13(19(16)21)15-6-4-8-18(22-15)25-12-9-10-14(20)17(11-12)24-2/h3-11H,1-2H3. The van der Waals surface area contributed by atoms with Gasteiger partial charge in [0.2, 0.25) is 0 Å². The Hall–Kier alpha value is -2.60. The van der Waals surface area contributed by atoms with E-state index in [4.69, 9.17) is 9.47 Å². The van der Waals surface area contributed by atoms with E-state index in [0.29, 0.717) is 16.3 Å². The Bertz CT molecular complexity index is 902. The lowest BCUT2D eigenvalue weighted by Crippen LogP contribution is -1.93. The van der Waals surface area contributed by atoms with Crippen molar-refractivity contribution in [3.05, 3.63) is 66.2 Å². The third kappa shape index (κ3) is 3.74. The van der Waals surface area contributed by atoms with Crippen LogP contribution in [0.4, 0.5) is 8.78 Å². The second kappa shape index (κ2) is 7.53. The van der Waals surface area contributed by atoms with E-state index >= 15 is 0 Å². The van der Waals surface area contributed by atoms with Gasteiger partial charge in [-0.15, -0.1) is 0 Å². The van der Waals surface area contributed by atoms with Gasteiger partial charge in [0.15, 0.2) is 23.1 Å². The van der Waals surface area contributed by atoms with Crippen LogP contribution in [0, 0.1) is 11.6 Å². The molecule has 0 aliphatic heterocycles. The summed E-state index contributed by atoms with van der Waals surface area (Å²) in [5.74, 6) is -0.546. The van der Waals surface area contributed by atoms with Crippen LogP contribution in [-0.4, -0.2) is 19.2 Å². The third-order valence-electron chi connectivity index (χ3n) is 3.53. The van der Waals surface area contributed by atoms with E-state index in [2.05, 4.69) is 4.98 Å². The highest BCUT2D eigenvalue weighted by atomic mass is 32.2. The maximum absolute atomic E-state index is 14.4. The molecule has 0 N–H and O–H groups in total. The smallest absolute Gasteiger partial charge is 0.174 e. The van der Waals surface area contributed by atoms with Gasteiger partial charge in [-0.05, 0) is 42.5 Å². The van der Waals surface area contributed by atoms with Crippen LogP contribution in [0.25, 0.3) is 11.3 Å². The average molecular weight is 359 g/mol. The van der Waals surface area contributed by atoms with E-state index in [1.807, 2.05) is 6.07 Å². The predicted molar refractivity (Wildman–Crippen MR) is 93.3 cm³/mol. The van der Waals surface area contributed by atoms with Crippen LogP contribution in [0.3, 0.4) is 0 Å². The predicted octanol–water partition coefficient (Wildman–Crippen LogP) is 5.20. The molecular formula is C19H15F2NO2S. The first-order valence-corrected chi connectivity index (χ1v) is 8.25. The normalized spacial score (nSPS) is 10.6. The lowest BCUT2D eigenvalue weighted by molar-refractivity contribution is 0.385. The van der Waals surface area contributed by atoms with Crippen molar-refractivity contribution in [3.63, 3.8) is 0 Å². The molecule has 0 saturated carbocycles. The number of rotatable bonds is 5. The summed E-state index contributed by atoms with van der Waals surface area (Å²) in [5, 5.41) is 0.661. The van der Waals surface area contributed by atoms with Gasteiger partial charge in [0.05, 0.1) is 19.9 Å². The van der Waals surface area contributed by atoms with Crippen LogP contribution in [0.15, 0.2) is 64.5 Å². The van der Waals surface area contributed by atoms with Crippen LogP contribution in [0.2, 0.25) is 0 Å². The molecule has 3 rings (SSSR count). The van der Waals surface area contributed by atoms with Gasteiger partial charge >= 0.3 is 0 Å². The second-order valence-electron chi connectivity index (χ2n) is 5.08. The monoisotopic (exact) mass is 359 g/mol. The molecule has 0 fully saturated rings. The number of hydrogen-bond acceptors (Lipinski definition) is 4. The van der Waals surface area contributed by atoms with E-state index in [0.717, 1.165) is 4.90 Å². The minimum absolute atomic E-state index is 0.167. The highest BCUT2D eigenvalue weighted by molar-refractivity contribution is 7.99. The van der Waals surface area contributed by atoms with E-state index in [-0.39, 0.29) is 11.5 Å². The number of aromatic nitrogens is 1. The molecule has 0 atom stereocenters. The van der Waals surface area contributed by atoms with Gasteiger partial charge < -0.3 is 9.47 Å². The summed E-state index contributed by atoms with van der Waals surface area (Å²) in [6, 6.07) is 14.8. The van der Waals surface area contributed by atoms with Gasteiger partial charge in [-0.1, -0.05) is 23.9 Å². The Morgan fingerprint density at radius 2 is 1.64 bits per heavy atom. The highest BCUT2D eigenvalue weighted by Crippen LogP contribution is 2.33. The Morgan fingerprint density at radius 1 is 0.880 bits per heavy atom. The molecule has 128 valence electrons. The van der Waals surface area contributed by atoms with Gasteiger partial charge in [-0.25, -0.2) is 13.8 Å². The van der Waals surface area contributed by atoms with Crippen molar-refractivity contribution in [2.45, 2.75) is 9.92 Å². The summed E-state index contributed by atoms with van der Waals surface area (Å²) in [6.07, 6.45) is 0. The maximum atomic E-state index is 14.4. The molecule has 3 nitrogen and oxygen atoms in total. The lowest BCUT2D eigenvalue weighted by Gasteiger charge is -2.09. The van der Waals surface area contributed by atoms with E-state index in [1.165, 1.54) is 32.0 Å². The quantitative estimate of drug-likeness (QED) is 0.627. The fraction of sp³-hybridized carbons (Fsp3) is 0.105. The molecule has 0 radical (unpaired) electrons. The minimum atomic E-state index is -0.455. The first-order valence-electron chi connectivity index (χ1n) is 7.43. The zero-order valence-corrected chi connectivity index (χ0v) is 14.4. The Balaban J connectivity index is 1.92. The first kappa shape index (κ1) is 17.2. The van der Waals surface area contributed by atoms with Gasteiger partial charge in [-0.2, -0.15) is 0 Å². The number of benzene rings is 2. The molecule has 0 spiro atoms. The Morgan fingerprint density at radius 3 is 2.40 bits per heavy atom. The van der Waals surface area contributed by atoms with Crippen LogP contribution in [-0.2, 0) is 0 Å². The van der Waals surface area contributed by atoms with Crippen molar-refractivity contribution in [2.75, 3.05) is 14.2 Å². The largest absolute Gasteiger partial charge is 0.494 e. The van der Waals surface area contributed by atoms with Gasteiger partial charge in [-0.3, -0.25) is 0 Å². The second-order valence-corrected chi connectivity index (χ2v) is 6.18. The minimum Gasteiger partial charge on any atom is -0.494 e. The zero-order chi connectivity index (χ0) is 17.8. The fourth-order valence-corrected chi connectivity index (χ4v) is 3.15. The van der Waals surface area contributed by atoms with Gasteiger partial charge in [0, 0.05) is 10.5 Å². The number of halogens is 2. The van der Waals surface area contributed by atoms with Crippen molar-refractivity contribution in [3.8, 4) is 22.8 Å². The number of nitrogens with zero attached hydrogens (tertiary/aromatic N) is 1. The van der Waals surface area contributed by atoms with Gasteiger partial charge in [0.25, 0.3) is 0 Å². The number of ether oxygens (including phenoxy) is 2. The number of methoxy groups -OCH3 is 2. The summed E-state index contributed by atoms with van der Waals surface area (Å²) in [7, 11) is 2.83. The van der Waals surface area contributed by atoms with Crippen LogP contribution in [0.5, 0.6) is 11.5 Å². The van der Waals surface area contributed by atoms with Crippen LogP contribution < -0.4 is 9.47 Å². The van der Waals surface area contributed by atoms with Gasteiger partial charge in [0.1, 0.15) is 5.03 Å². The van der Waals surface area contributed by atoms with Crippen LogP contribution >= 0.6 is 11.8 Å². The molecule has 3 aromatic rings.